The van der Waals surface area contributed by atoms with E-state index in [1.165, 1.54) is 12.1 Å². The second-order valence-electron chi connectivity index (χ2n) is 6.77. The highest BCUT2D eigenvalue weighted by molar-refractivity contribution is 6.07. The SMILES string of the molecule is CC(C)(O)C1=C(c2cc(CCc3ccc(F)cc3)ccn2)CNC1=O. The van der Waals surface area contributed by atoms with E-state index in [1.807, 2.05) is 12.1 Å². The number of rotatable bonds is 5. The Kier molecular flexibility index (Phi) is 4.68. The maximum Gasteiger partial charge on any atom is 0.250 e. The van der Waals surface area contributed by atoms with Crippen molar-refractivity contribution in [3.05, 3.63) is 70.8 Å². The number of pyridine rings is 1. The van der Waals surface area contributed by atoms with Gasteiger partial charge in [0.2, 0.25) is 0 Å². The number of aryl methyl sites for hydroxylation is 2. The lowest BCUT2D eigenvalue weighted by molar-refractivity contribution is -0.118. The molecular formula is C20H21FN2O2. The van der Waals surface area contributed by atoms with Crippen molar-refractivity contribution in [2.24, 2.45) is 0 Å². The predicted octanol–water partition coefficient (Wildman–Crippen LogP) is 2.66. The maximum atomic E-state index is 13.0. The third-order valence-electron chi connectivity index (χ3n) is 4.32. The number of carbonyl (C=O) groups is 1. The van der Waals surface area contributed by atoms with Crippen molar-refractivity contribution in [3.8, 4) is 0 Å². The molecule has 130 valence electrons. The minimum atomic E-state index is -1.22. The Hall–Kier alpha value is -2.53. The van der Waals surface area contributed by atoms with Gasteiger partial charge < -0.3 is 10.4 Å². The largest absolute Gasteiger partial charge is 0.386 e. The number of halogens is 1. The van der Waals surface area contributed by atoms with Crippen LogP contribution in [-0.2, 0) is 17.6 Å². The Morgan fingerprint density at radius 3 is 2.52 bits per heavy atom. The first-order chi connectivity index (χ1) is 11.8. The lowest BCUT2D eigenvalue weighted by Gasteiger charge is -2.19. The predicted molar refractivity (Wildman–Crippen MR) is 94.3 cm³/mol. The van der Waals surface area contributed by atoms with E-state index in [0.717, 1.165) is 29.5 Å². The molecule has 4 nitrogen and oxygen atoms in total. The molecule has 1 aliphatic rings. The summed E-state index contributed by atoms with van der Waals surface area (Å²) in [6.45, 7) is 3.57. The summed E-state index contributed by atoms with van der Waals surface area (Å²) in [6.07, 6.45) is 3.29. The van der Waals surface area contributed by atoms with Gasteiger partial charge in [0.25, 0.3) is 5.91 Å². The van der Waals surface area contributed by atoms with Crippen LogP contribution in [0.3, 0.4) is 0 Å². The van der Waals surface area contributed by atoms with Gasteiger partial charge in [-0.25, -0.2) is 4.39 Å². The van der Waals surface area contributed by atoms with E-state index in [4.69, 9.17) is 0 Å². The van der Waals surface area contributed by atoms with Crippen LogP contribution >= 0.6 is 0 Å². The number of nitrogens with zero attached hydrogens (tertiary/aromatic N) is 1. The van der Waals surface area contributed by atoms with Crippen molar-refractivity contribution in [3.63, 3.8) is 0 Å². The molecule has 0 spiro atoms. The van der Waals surface area contributed by atoms with Gasteiger partial charge in [-0.15, -0.1) is 0 Å². The molecule has 25 heavy (non-hydrogen) atoms. The number of aliphatic hydroxyl groups is 1. The Balaban J connectivity index is 1.83. The number of benzene rings is 1. The zero-order valence-electron chi connectivity index (χ0n) is 14.3. The van der Waals surface area contributed by atoms with Crippen molar-refractivity contribution < 1.29 is 14.3 Å². The second kappa shape index (κ2) is 6.76. The van der Waals surface area contributed by atoms with Crippen molar-refractivity contribution in [2.45, 2.75) is 32.3 Å². The molecule has 2 aromatic rings. The molecule has 1 aromatic carbocycles. The van der Waals surface area contributed by atoms with Gasteiger partial charge in [-0.2, -0.15) is 0 Å². The number of amides is 1. The first kappa shape index (κ1) is 17.3. The normalized spacial score (nSPS) is 14.8. The van der Waals surface area contributed by atoms with Crippen LogP contribution in [0.4, 0.5) is 4.39 Å². The summed E-state index contributed by atoms with van der Waals surface area (Å²) in [5, 5.41) is 13.0. The van der Waals surface area contributed by atoms with Crippen molar-refractivity contribution in [2.75, 3.05) is 6.54 Å². The van der Waals surface area contributed by atoms with Crippen LogP contribution < -0.4 is 5.32 Å². The molecule has 1 amide bonds. The summed E-state index contributed by atoms with van der Waals surface area (Å²) in [7, 11) is 0. The van der Waals surface area contributed by atoms with Crippen LogP contribution in [0.25, 0.3) is 5.57 Å². The van der Waals surface area contributed by atoms with Gasteiger partial charge in [0, 0.05) is 18.3 Å². The number of carbonyl (C=O) groups excluding carboxylic acids is 1. The van der Waals surface area contributed by atoms with Gasteiger partial charge in [0.05, 0.1) is 16.9 Å². The third-order valence-corrected chi connectivity index (χ3v) is 4.32. The average Bonchev–Trinajstić information content (AvgIpc) is 2.97. The molecule has 2 N–H and O–H groups in total. The zero-order chi connectivity index (χ0) is 18.0. The van der Waals surface area contributed by atoms with Gasteiger partial charge in [0.1, 0.15) is 5.82 Å². The lowest BCUT2D eigenvalue weighted by atomic mass is 9.92. The van der Waals surface area contributed by atoms with Crippen molar-refractivity contribution in [1.29, 1.82) is 0 Å². The number of nitrogens with one attached hydrogen (secondary N) is 1. The highest BCUT2D eigenvalue weighted by Crippen LogP contribution is 2.29. The van der Waals surface area contributed by atoms with Crippen LogP contribution in [0.1, 0.15) is 30.7 Å². The van der Waals surface area contributed by atoms with Crippen LogP contribution in [-0.4, -0.2) is 28.1 Å². The van der Waals surface area contributed by atoms with E-state index < -0.39 is 5.60 Å². The first-order valence-corrected chi connectivity index (χ1v) is 8.28. The summed E-state index contributed by atoms with van der Waals surface area (Å²) < 4.78 is 13.0. The Labute approximate surface area is 146 Å². The molecule has 0 atom stereocenters. The molecule has 0 unspecified atom stereocenters. The quantitative estimate of drug-likeness (QED) is 0.880. The smallest absolute Gasteiger partial charge is 0.250 e. The molecular weight excluding hydrogens is 319 g/mol. The molecule has 1 aromatic heterocycles. The lowest BCUT2D eigenvalue weighted by Crippen LogP contribution is -2.30. The number of hydrogen-bond donors (Lipinski definition) is 2. The minimum absolute atomic E-state index is 0.237. The van der Waals surface area contributed by atoms with Crippen LogP contribution in [0.2, 0.25) is 0 Å². The highest BCUT2D eigenvalue weighted by Gasteiger charge is 2.34. The first-order valence-electron chi connectivity index (χ1n) is 8.28. The van der Waals surface area contributed by atoms with Gasteiger partial charge in [0.15, 0.2) is 0 Å². The molecule has 0 aliphatic carbocycles. The third kappa shape index (κ3) is 3.94. The van der Waals surface area contributed by atoms with E-state index in [2.05, 4.69) is 10.3 Å². The molecule has 0 fully saturated rings. The van der Waals surface area contributed by atoms with Gasteiger partial charge in [-0.3, -0.25) is 9.78 Å². The average molecular weight is 340 g/mol. The van der Waals surface area contributed by atoms with E-state index >= 15 is 0 Å². The molecule has 0 saturated heterocycles. The highest BCUT2D eigenvalue weighted by atomic mass is 19.1. The standard InChI is InChI=1S/C20H21FN2O2/c1-20(2,25)18-16(12-23-19(18)24)17-11-14(9-10-22-17)4-3-13-5-7-15(21)8-6-13/h5-11,25H,3-4,12H2,1-2H3,(H,23,24). The second-order valence-corrected chi connectivity index (χ2v) is 6.77. The van der Waals surface area contributed by atoms with E-state index in [-0.39, 0.29) is 11.7 Å². The van der Waals surface area contributed by atoms with Gasteiger partial charge >= 0.3 is 0 Å². The molecule has 5 heteroatoms. The Morgan fingerprint density at radius 2 is 1.84 bits per heavy atom. The number of hydrogen-bond acceptors (Lipinski definition) is 3. The fourth-order valence-electron chi connectivity index (χ4n) is 3.08. The van der Waals surface area contributed by atoms with Crippen molar-refractivity contribution in [1.82, 2.24) is 10.3 Å². The molecule has 3 rings (SSSR count). The topological polar surface area (TPSA) is 62.2 Å². The molecule has 2 heterocycles. The van der Waals surface area contributed by atoms with Crippen molar-refractivity contribution >= 4 is 11.5 Å². The van der Waals surface area contributed by atoms with Crippen LogP contribution in [0.5, 0.6) is 0 Å². The van der Waals surface area contributed by atoms with E-state index in [1.54, 1.807) is 32.2 Å². The maximum absolute atomic E-state index is 13.0. The van der Waals surface area contributed by atoms with E-state index in [0.29, 0.717) is 17.8 Å². The summed E-state index contributed by atoms with van der Waals surface area (Å²) in [6, 6.07) is 10.4. The fourth-order valence-corrected chi connectivity index (χ4v) is 3.08. The summed E-state index contributed by atoms with van der Waals surface area (Å²) in [5.41, 5.74) is 2.73. The van der Waals surface area contributed by atoms with Crippen LogP contribution in [0.15, 0.2) is 48.2 Å². The van der Waals surface area contributed by atoms with Crippen LogP contribution in [0, 0.1) is 5.82 Å². The minimum Gasteiger partial charge on any atom is -0.386 e. The Bertz CT molecular complexity index is 820. The molecule has 0 radical (unpaired) electrons. The summed E-state index contributed by atoms with van der Waals surface area (Å²) >= 11 is 0. The monoisotopic (exact) mass is 340 g/mol. The van der Waals surface area contributed by atoms with E-state index in [9.17, 15) is 14.3 Å². The zero-order valence-corrected chi connectivity index (χ0v) is 14.3. The fraction of sp³-hybridized carbons (Fsp3) is 0.300. The molecule has 0 bridgehead atoms. The molecule has 0 saturated carbocycles. The van der Waals surface area contributed by atoms with Gasteiger partial charge in [-0.1, -0.05) is 12.1 Å². The summed E-state index contributed by atoms with van der Waals surface area (Å²) in [5.74, 6) is -0.486. The van der Waals surface area contributed by atoms with Gasteiger partial charge in [-0.05, 0) is 62.1 Å². The molecule has 1 aliphatic heterocycles. The number of aromatic nitrogens is 1. The summed E-state index contributed by atoms with van der Waals surface area (Å²) in [4.78, 5) is 16.4. The Morgan fingerprint density at radius 1 is 1.16 bits per heavy atom.